The standard InChI is InChI=1S/C22H24F3N3O4S/c1-27(2)21(30)16-7-3-5-9-18(16)26-20(29)15-11-13-28(14-12-15)33(31,32)19-10-6-4-8-17(19)22(23,24)25/h3-10,15H,11-14H2,1-2H3,(H,26,29). The molecular weight excluding hydrogens is 459 g/mol. The first-order valence-electron chi connectivity index (χ1n) is 10.2. The minimum absolute atomic E-state index is 0.0924. The first kappa shape index (κ1) is 24.7. The van der Waals surface area contributed by atoms with Crippen molar-refractivity contribution < 1.29 is 31.2 Å². The van der Waals surface area contributed by atoms with Gasteiger partial charge < -0.3 is 10.2 Å². The van der Waals surface area contributed by atoms with Crippen molar-refractivity contribution in [2.75, 3.05) is 32.5 Å². The number of anilines is 1. The molecule has 3 rings (SSSR count). The molecule has 0 bridgehead atoms. The minimum atomic E-state index is -4.81. The minimum Gasteiger partial charge on any atom is -0.345 e. The van der Waals surface area contributed by atoms with Gasteiger partial charge in [-0.3, -0.25) is 9.59 Å². The third kappa shape index (κ3) is 5.36. The zero-order valence-corrected chi connectivity index (χ0v) is 18.9. The molecule has 0 atom stereocenters. The molecule has 1 fully saturated rings. The Morgan fingerprint density at radius 2 is 1.58 bits per heavy atom. The third-order valence-corrected chi connectivity index (χ3v) is 7.41. The average Bonchev–Trinajstić information content (AvgIpc) is 2.78. The predicted molar refractivity (Wildman–Crippen MR) is 116 cm³/mol. The van der Waals surface area contributed by atoms with Crippen LogP contribution < -0.4 is 5.32 Å². The van der Waals surface area contributed by atoms with Crippen LogP contribution in [0, 0.1) is 5.92 Å². The number of carbonyl (C=O) groups is 2. The van der Waals surface area contributed by atoms with E-state index < -0.39 is 32.6 Å². The number of piperidine rings is 1. The second kappa shape index (κ2) is 9.52. The Hall–Kier alpha value is -2.92. The van der Waals surface area contributed by atoms with E-state index in [0.29, 0.717) is 11.3 Å². The molecule has 1 saturated heterocycles. The Balaban J connectivity index is 1.71. The van der Waals surface area contributed by atoms with E-state index in [-0.39, 0.29) is 37.7 Å². The van der Waals surface area contributed by atoms with Gasteiger partial charge in [0.1, 0.15) is 0 Å². The second-order valence-corrected chi connectivity index (χ2v) is 9.81. The van der Waals surface area contributed by atoms with E-state index in [9.17, 15) is 31.2 Å². The number of para-hydroxylation sites is 1. The summed E-state index contributed by atoms with van der Waals surface area (Å²) < 4.78 is 66.6. The molecular formula is C22H24F3N3O4S. The molecule has 1 N–H and O–H groups in total. The van der Waals surface area contributed by atoms with Gasteiger partial charge in [-0.05, 0) is 37.1 Å². The topological polar surface area (TPSA) is 86.8 Å². The summed E-state index contributed by atoms with van der Waals surface area (Å²) in [5.74, 6) is -1.20. The summed E-state index contributed by atoms with van der Waals surface area (Å²) in [6, 6.07) is 10.6. The fraction of sp³-hybridized carbons (Fsp3) is 0.364. The summed E-state index contributed by atoms with van der Waals surface area (Å²) in [4.78, 5) is 25.7. The number of benzene rings is 2. The molecule has 1 aliphatic heterocycles. The molecule has 0 unspecified atom stereocenters. The van der Waals surface area contributed by atoms with Crippen LogP contribution in [-0.4, -0.2) is 56.6 Å². The molecule has 0 radical (unpaired) electrons. The first-order valence-corrected chi connectivity index (χ1v) is 11.6. The SMILES string of the molecule is CN(C)C(=O)c1ccccc1NC(=O)C1CCN(S(=O)(=O)c2ccccc2C(F)(F)F)CC1. The number of amides is 2. The van der Waals surface area contributed by atoms with Crippen LogP contribution in [0.4, 0.5) is 18.9 Å². The average molecular weight is 484 g/mol. The zero-order chi connectivity index (χ0) is 24.4. The van der Waals surface area contributed by atoms with Gasteiger partial charge in [-0.15, -0.1) is 0 Å². The largest absolute Gasteiger partial charge is 0.417 e. The summed E-state index contributed by atoms with van der Waals surface area (Å²) in [6.07, 6.45) is -4.52. The summed E-state index contributed by atoms with van der Waals surface area (Å²) in [5.41, 5.74) is -0.554. The Morgan fingerprint density at radius 3 is 2.18 bits per heavy atom. The quantitative estimate of drug-likeness (QED) is 0.706. The van der Waals surface area contributed by atoms with Crippen molar-refractivity contribution in [1.29, 1.82) is 0 Å². The summed E-state index contributed by atoms with van der Waals surface area (Å²) in [5, 5.41) is 2.73. The molecule has 0 aliphatic carbocycles. The third-order valence-electron chi connectivity index (χ3n) is 5.46. The van der Waals surface area contributed by atoms with Crippen molar-refractivity contribution in [3.63, 3.8) is 0 Å². The summed E-state index contributed by atoms with van der Waals surface area (Å²) in [6.45, 7) is -0.185. The lowest BCUT2D eigenvalue weighted by atomic mass is 9.97. The maximum atomic E-state index is 13.3. The molecule has 33 heavy (non-hydrogen) atoms. The number of hydrogen-bond donors (Lipinski definition) is 1. The van der Waals surface area contributed by atoms with Gasteiger partial charge in [0.05, 0.1) is 21.7 Å². The van der Waals surface area contributed by atoms with Crippen LogP contribution in [0.5, 0.6) is 0 Å². The van der Waals surface area contributed by atoms with Crippen molar-refractivity contribution in [2.24, 2.45) is 5.92 Å². The van der Waals surface area contributed by atoms with E-state index in [0.717, 1.165) is 22.5 Å². The molecule has 178 valence electrons. The maximum Gasteiger partial charge on any atom is 0.417 e. The highest BCUT2D eigenvalue weighted by Crippen LogP contribution is 2.36. The number of halogens is 3. The summed E-state index contributed by atoms with van der Waals surface area (Å²) >= 11 is 0. The van der Waals surface area contributed by atoms with Crippen molar-refractivity contribution in [2.45, 2.75) is 23.9 Å². The van der Waals surface area contributed by atoms with Crippen LogP contribution in [0.1, 0.15) is 28.8 Å². The van der Waals surface area contributed by atoms with E-state index >= 15 is 0 Å². The number of nitrogens with zero attached hydrogens (tertiary/aromatic N) is 2. The lowest BCUT2D eigenvalue weighted by Gasteiger charge is -2.31. The maximum absolute atomic E-state index is 13.3. The normalized spacial score (nSPS) is 15.8. The van der Waals surface area contributed by atoms with Crippen molar-refractivity contribution >= 4 is 27.5 Å². The van der Waals surface area contributed by atoms with Gasteiger partial charge in [-0.25, -0.2) is 8.42 Å². The molecule has 2 aromatic carbocycles. The Bertz CT molecular complexity index is 1140. The van der Waals surface area contributed by atoms with Crippen LogP contribution in [-0.2, 0) is 21.0 Å². The zero-order valence-electron chi connectivity index (χ0n) is 18.1. The molecule has 2 amide bonds. The highest BCUT2D eigenvalue weighted by Gasteiger charge is 2.40. The van der Waals surface area contributed by atoms with Crippen molar-refractivity contribution in [3.05, 3.63) is 59.7 Å². The van der Waals surface area contributed by atoms with Gasteiger partial charge in [-0.2, -0.15) is 17.5 Å². The van der Waals surface area contributed by atoms with Gasteiger partial charge in [-0.1, -0.05) is 24.3 Å². The number of alkyl halides is 3. The smallest absolute Gasteiger partial charge is 0.345 e. The number of nitrogens with one attached hydrogen (secondary N) is 1. The number of carbonyl (C=O) groups excluding carboxylic acids is 2. The van der Waals surface area contributed by atoms with Crippen LogP contribution in [0.3, 0.4) is 0 Å². The van der Waals surface area contributed by atoms with E-state index in [1.165, 1.54) is 11.0 Å². The van der Waals surface area contributed by atoms with Crippen LogP contribution in [0.2, 0.25) is 0 Å². The monoisotopic (exact) mass is 483 g/mol. The lowest BCUT2D eigenvalue weighted by Crippen LogP contribution is -2.42. The van der Waals surface area contributed by atoms with Gasteiger partial charge in [0.15, 0.2) is 0 Å². The van der Waals surface area contributed by atoms with Crippen LogP contribution >= 0.6 is 0 Å². The number of sulfonamides is 1. The van der Waals surface area contributed by atoms with Crippen molar-refractivity contribution in [1.82, 2.24) is 9.21 Å². The van der Waals surface area contributed by atoms with E-state index in [4.69, 9.17) is 0 Å². The fourth-order valence-corrected chi connectivity index (χ4v) is 5.36. The molecule has 1 heterocycles. The van der Waals surface area contributed by atoms with E-state index in [1.807, 2.05) is 0 Å². The van der Waals surface area contributed by atoms with Gasteiger partial charge >= 0.3 is 6.18 Å². The fourth-order valence-electron chi connectivity index (χ4n) is 3.68. The van der Waals surface area contributed by atoms with Crippen molar-refractivity contribution in [3.8, 4) is 0 Å². The molecule has 0 aromatic heterocycles. The molecule has 0 saturated carbocycles. The Kier molecular flexibility index (Phi) is 7.13. The van der Waals surface area contributed by atoms with E-state index in [2.05, 4.69) is 5.32 Å². The molecule has 0 spiro atoms. The van der Waals surface area contributed by atoms with Crippen LogP contribution in [0.15, 0.2) is 53.4 Å². The number of rotatable bonds is 5. The lowest BCUT2D eigenvalue weighted by molar-refractivity contribution is -0.139. The van der Waals surface area contributed by atoms with Crippen LogP contribution in [0.25, 0.3) is 0 Å². The molecule has 2 aromatic rings. The highest BCUT2D eigenvalue weighted by molar-refractivity contribution is 7.89. The molecule has 1 aliphatic rings. The Morgan fingerprint density at radius 1 is 1.00 bits per heavy atom. The summed E-state index contributed by atoms with van der Waals surface area (Å²) in [7, 11) is -1.20. The van der Waals surface area contributed by atoms with Gasteiger partial charge in [0.2, 0.25) is 15.9 Å². The van der Waals surface area contributed by atoms with E-state index in [1.54, 1.807) is 38.4 Å². The molecule has 7 nitrogen and oxygen atoms in total. The second-order valence-electron chi connectivity index (χ2n) is 7.91. The molecule has 11 heteroatoms. The highest BCUT2D eigenvalue weighted by atomic mass is 32.2. The van der Waals surface area contributed by atoms with Gasteiger partial charge in [0.25, 0.3) is 5.91 Å². The Labute approximate surface area is 190 Å². The van der Waals surface area contributed by atoms with Gasteiger partial charge in [0, 0.05) is 33.1 Å². The first-order chi connectivity index (χ1) is 15.4. The predicted octanol–water partition coefficient (Wildman–Crippen LogP) is 3.45. The number of hydrogen-bond acceptors (Lipinski definition) is 4.